The van der Waals surface area contributed by atoms with Crippen molar-refractivity contribution in [3.63, 3.8) is 0 Å². The Morgan fingerprint density at radius 1 is 0.640 bits per heavy atom. The van der Waals surface area contributed by atoms with E-state index in [0.717, 1.165) is 6.26 Å². The smallest absolute Gasteiger partial charge is 0.213 e. The van der Waals surface area contributed by atoms with Crippen LogP contribution in [0.3, 0.4) is 0 Å². The zero-order chi connectivity index (χ0) is 17.4. The molecule has 0 saturated heterocycles. The van der Waals surface area contributed by atoms with Crippen LogP contribution in [0.25, 0.3) is 0 Å². The number of rotatable bonds is 3. The summed E-state index contributed by atoms with van der Waals surface area (Å²) < 4.78 is 18.8. The summed E-state index contributed by atoms with van der Waals surface area (Å²) in [7, 11) is 0.862. The lowest BCUT2D eigenvalue weighted by Crippen LogP contribution is -2.20. The Bertz CT molecular complexity index is 740. The Balaban J connectivity index is 0.000000462. The highest BCUT2D eigenvalue weighted by atomic mass is 35.7. The van der Waals surface area contributed by atoms with Gasteiger partial charge in [-0.3, -0.25) is 0 Å². The van der Waals surface area contributed by atoms with E-state index in [-0.39, 0.29) is 9.90 Å². The van der Waals surface area contributed by atoms with Crippen molar-refractivity contribution >= 4 is 53.5 Å². The minimum Gasteiger partial charge on any atom is -0.213 e. The van der Waals surface area contributed by atoms with E-state index in [1.54, 1.807) is 0 Å². The summed E-state index contributed by atoms with van der Waals surface area (Å²) in [5.74, 6) is 0. The van der Waals surface area contributed by atoms with E-state index >= 15 is 0 Å². The molecule has 0 saturated carbocycles. The summed E-state index contributed by atoms with van der Waals surface area (Å²) in [6, 6.07) is 32.3. The van der Waals surface area contributed by atoms with Gasteiger partial charge >= 0.3 is 0 Å². The Kier molecular flexibility index (Phi) is 9.32. The van der Waals surface area contributed by atoms with Crippen molar-refractivity contribution in [3.8, 4) is 0 Å². The highest BCUT2D eigenvalue weighted by Gasteiger charge is 2.14. The van der Waals surface area contributed by atoms with Gasteiger partial charge in [0, 0.05) is 10.7 Å². The van der Waals surface area contributed by atoms with Gasteiger partial charge in [-0.2, -0.15) is 9.90 Å². The third-order valence-electron chi connectivity index (χ3n) is 3.04. The molecule has 0 aliphatic heterocycles. The lowest BCUT2D eigenvalue weighted by molar-refractivity contribution is 0.615. The molecule has 0 aromatic heterocycles. The fraction of sp³-hybridized carbons (Fsp3) is 0.0526. The molecule has 0 fully saturated rings. The van der Waals surface area contributed by atoms with Crippen molar-refractivity contribution < 1.29 is 8.42 Å². The van der Waals surface area contributed by atoms with Gasteiger partial charge in [0.1, 0.15) is 0 Å². The molecule has 0 bridgehead atoms. The molecule has 0 radical (unpaired) electrons. The van der Waals surface area contributed by atoms with E-state index in [4.69, 9.17) is 0 Å². The van der Waals surface area contributed by atoms with Gasteiger partial charge < -0.3 is 0 Å². The molecule has 1 unspecified atom stereocenters. The molecule has 0 aliphatic carbocycles. The SMILES string of the molecule is CS(=O)(=O)Cl.P.c1ccc(P(c2ccccc2)c2ccccc2)cc1. The monoisotopic (exact) mass is 410 g/mol. The lowest BCUT2D eigenvalue weighted by atomic mass is 10.4. The van der Waals surface area contributed by atoms with Crippen LogP contribution >= 0.6 is 28.5 Å². The normalized spacial score (nSPS) is 10.4. The standard InChI is InChI=1S/C18H15P.CH3ClO2S.H3P/c1-4-10-16(11-5-1)19(17-12-6-2-7-13-17)18-14-8-3-9-15-18;1-5(2,3)4;/h1-15H;1H3;1H3. The number of hydrogen-bond acceptors (Lipinski definition) is 2. The van der Waals surface area contributed by atoms with Crippen molar-refractivity contribution in [3.05, 3.63) is 91.0 Å². The largest absolute Gasteiger partial charge is 0.229 e. The van der Waals surface area contributed by atoms with Crippen molar-refractivity contribution in [2.45, 2.75) is 0 Å². The quantitative estimate of drug-likeness (QED) is 0.487. The summed E-state index contributed by atoms with van der Waals surface area (Å²) in [6.45, 7) is 0. The highest BCUT2D eigenvalue weighted by Crippen LogP contribution is 2.32. The second-order valence-electron chi connectivity index (χ2n) is 5.02. The van der Waals surface area contributed by atoms with Crippen molar-refractivity contribution in [1.82, 2.24) is 0 Å². The Labute approximate surface area is 159 Å². The Morgan fingerprint density at radius 2 is 0.840 bits per heavy atom. The topological polar surface area (TPSA) is 34.1 Å². The molecule has 6 heteroatoms. The summed E-state index contributed by atoms with van der Waals surface area (Å²) >= 11 is 0. The maximum Gasteiger partial charge on any atom is 0.229 e. The van der Waals surface area contributed by atoms with E-state index in [1.165, 1.54) is 15.9 Å². The van der Waals surface area contributed by atoms with Gasteiger partial charge in [-0.25, -0.2) is 8.42 Å². The molecule has 0 N–H and O–H groups in total. The molecule has 2 nitrogen and oxygen atoms in total. The van der Waals surface area contributed by atoms with E-state index in [9.17, 15) is 8.42 Å². The first-order valence-corrected chi connectivity index (χ1v) is 11.4. The number of benzene rings is 3. The van der Waals surface area contributed by atoms with Gasteiger partial charge in [0.15, 0.2) is 0 Å². The Morgan fingerprint density at radius 3 is 1.04 bits per heavy atom. The zero-order valence-electron chi connectivity index (χ0n) is 13.9. The van der Waals surface area contributed by atoms with E-state index in [0.29, 0.717) is 0 Å². The van der Waals surface area contributed by atoms with E-state index in [2.05, 4.69) is 102 Å². The molecule has 0 spiro atoms. The van der Waals surface area contributed by atoms with Crippen LogP contribution in [0.15, 0.2) is 91.0 Å². The third kappa shape index (κ3) is 8.12. The summed E-state index contributed by atoms with van der Waals surface area (Å²) in [6.07, 6.45) is 0.925. The Hall–Kier alpha value is -1.24. The van der Waals surface area contributed by atoms with Gasteiger partial charge in [0.25, 0.3) is 0 Å². The molecule has 3 aromatic carbocycles. The van der Waals surface area contributed by atoms with E-state index < -0.39 is 17.0 Å². The molecule has 1 atom stereocenters. The van der Waals surface area contributed by atoms with Crippen molar-refractivity contribution in [2.75, 3.05) is 6.26 Å². The molecule has 0 amide bonds. The van der Waals surface area contributed by atoms with Gasteiger partial charge in [0.2, 0.25) is 9.05 Å². The predicted molar refractivity (Wildman–Crippen MR) is 117 cm³/mol. The molecule has 132 valence electrons. The fourth-order valence-electron chi connectivity index (χ4n) is 2.18. The van der Waals surface area contributed by atoms with Gasteiger partial charge in [-0.1, -0.05) is 91.0 Å². The summed E-state index contributed by atoms with van der Waals surface area (Å²) in [4.78, 5) is 0. The van der Waals surface area contributed by atoms with Crippen LogP contribution < -0.4 is 15.9 Å². The molecule has 3 rings (SSSR count). The zero-order valence-corrected chi connectivity index (χ0v) is 17.8. The minimum absolute atomic E-state index is 0. The maximum atomic E-state index is 9.40. The van der Waals surface area contributed by atoms with Gasteiger partial charge in [0.05, 0.1) is 6.26 Å². The minimum atomic E-state index is -3.19. The van der Waals surface area contributed by atoms with Crippen molar-refractivity contribution in [1.29, 1.82) is 0 Å². The number of halogens is 1. The average Bonchev–Trinajstić information content (AvgIpc) is 2.57. The molecule has 0 heterocycles. The van der Waals surface area contributed by atoms with Crippen LogP contribution in [0.4, 0.5) is 0 Å². The first kappa shape index (κ1) is 21.8. The first-order chi connectivity index (χ1) is 11.4. The fourth-order valence-corrected chi connectivity index (χ4v) is 4.48. The lowest BCUT2D eigenvalue weighted by Gasteiger charge is -2.18. The third-order valence-corrected chi connectivity index (χ3v) is 5.49. The van der Waals surface area contributed by atoms with Gasteiger partial charge in [-0.15, -0.1) is 0 Å². The molecular formula is C19H21ClO2P2S. The van der Waals surface area contributed by atoms with Crippen LogP contribution in [0.5, 0.6) is 0 Å². The van der Waals surface area contributed by atoms with Crippen molar-refractivity contribution in [2.24, 2.45) is 0 Å². The predicted octanol–water partition coefficient (Wildman–Crippen LogP) is 3.69. The van der Waals surface area contributed by atoms with Crippen LogP contribution in [0, 0.1) is 0 Å². The molecule has 0 aliphatic rings. The number of hydrogen-bond donors (Lipinski definition) is 0. The average molecular weight is 411 g/mol. The second-order valence-corrected chi connectivity index (χ2v) is 10.3. The molecule has 3 aromatic rings. The maximum absolute atomic E-state index is 9.40. The summed E-state index contributed by atoms with van der Waals surface area (Å²) in [5.41, 5.74) is 0. The molecular weight excluding hydrogens is 390 g/mol. The summed E-state index contributed by atoms with van der Waals surface area (Å²) in [5, 5.41) is 4.19. The van der Waals surface area contributed by atoms with Gasteiger partial charge in [-0.05, 0) is 23.8 Å². The molecule has 25 heavy (non-hydrogen) atoms. The highest BCUT2D eigenvalue weighted by molar-refractivity contribution is 8.13. The van der Waals surface area contributed by atoms with Crippen LogP contribution in [-0.2, 0) is 9.05 Å². The van der Waals surface area contributed by atoms with Crippen LogP contribution in [0.2, 0.25) is 0 Å². The first-order valence-electron chi connectivity index (χ1n) is 7.30. The second kappa shape index (κ2) is 10.7. The van der Waals surface area contributed by atoms with E-state index in [1.807, 2.05) is 0 Å². The van der Waals surface area contributed by atoms with Crippen LogP contribution in [-0.4, -0.2) is 14.7 Å². The van der Waals surface area contributed by atoms with Crippen LogP contribution in [0.1, 0.15) is 0 Å².